The van der Waals surface area contributed by atoms with E-state index in [-0.39, 0.29) is 12.1 Å². The van der Waals surface area contributed by atoms with Crippen LogP contribution in [-0.4, -0.2) is 9.55 Å². The topological polar surface area (TPSA) is 60.9 Å². The molecule has 3 aromatic rings. The van der Waals surface area contributed by atoms with Crippen molar-refractivity contribution >= 4 is 16.6 Å². The van der Waals surface area contributed by atoms with Gasteiger partial charge in [-0.15, -0.1) is 0 Å². The lowest BCUT2D eigenvalue weighted by atomic mass is 10.1. The van der Waals surface area contributed by atoms with Crippen molar-refractivity contribution in [1.29, 1.82) is 0 Å². The largest absolute Gasteiger partial charge is 0.416 e. The van der Waals surface area contributed by atoms with Crippen molar-refractivity contribution in [2.45, 2.75) is 12.7 Å². The molecule has 0 spiro atoms. The second-order valence-electron chi connectivity index (χ2n) is 5.15. The maximum atomic E-state index is 12.5. The summed E-state index contributed by atoms with van der Waals surface area (Å²) in [4.78, 5) is 16.6. The lowest BCUT2D eigenvalue weighted by Crippen LogP contribution is -2.21. The van der Waals surface area contributed by atoms with E-state index in [9.17, 15) is 18.0 Å². The fourth-order valence-corrected chi connectivity index (χ4v) is 2.29. The molecule has 118 valence electrons. The van der Waals surface area contributed by atoms with E-state index in [1.165, 1.54) is 29.1 Å². The summed E-state index contributed by atoms with van der Waals surface area (Å²) in [6, 6.07) is 9.51. The van der Waals surface area contributed by atoms with E-state index in [1.54, 1.807) is 12.1 Å². The molecule has 0 aliphatic carbocycles. The van der Waals surface area contributed by atoms with Crippen LogP contribution >= 0.6 is 0 Å². The van der Waals surface area contributed by atoms with Gasteiger partial charge >= 0.3 is 6.18 Å². The number of alkyl halides is 3. The van der Waals surface area contributed by atoms with Crippen molar-refractivity contribution in [2.24, 2.45) is 0 Å². The van der Waals surface area contributed by atoms with Gasteiger partial charge in [-0.3, -0.25) is 9.36 Å². The number of nitrogens with two attached hydrogens (primary N) is 1. The molecule has 23 heavy (non-hydrogen) atoms. The number of halogens is 3. The zero-order valence-corrected chi connectivity index (χ0v) is 11.8. The molecule has 2 aromatic carbocycles. The van der Waals surface area contributed by atoms with Crippen molar-refractivity contribution in [1.82, 2.24) is 9.55 Å². The SMILES string of the molecule is Nc1ccc2ncn(Cc3ccc(C(F)(F)F)cc3)c(=O)c2c1. The molecule has 0 fully saturated rings. The van der Waals surface area contributed by atoms with Crippen LogP contribution in [0.5, 0.6) is 0 Å². The Bertz CT molecular complexity index is 914. The van der Waals surface area contributed by atoms with Gasteiger partial charge in [0.1, 0.15) is 0 Å². The Kier molecular flexibility index (Phi) is 3.55. The predicted molar refractivity (Wildman–Crippen MR) is 81.0 cm³/mol. The third kappa shape index (κ3) is 3.03. The first-order valence-corrected chi connectivity index (χ1v) is 6.75. The van der Waals surface area contributed by atoms with Gasteiger partial charge in [-0.1, -0.05) is 12.1 Å². The molecule has 0 unspecified atom stereocenters. The van der Waals surface area contributed by atoms with Crippen LogP contribution in [0.4, 0.5) is 18.9 Å². The van der Waals surface area contributed by atoms with Gasteiger partial charge in [0.15, 0.2) is 0 Å². The van der Waals surface area contributed by atoms with Gasteiger partial charge in [0.25, 0.3) is 5.56 Å². The van der Waals surface area contributed by atoms with Crippen LogP contribution in [-0.2, 0) is 12.7 Å². The van der Waals surface area contributed by atoms with Crippen LogP contribution in [0.25, 0.3) is 10.9 Å². The molecular weight excluding hydrogens is 307 g/mol. The van der Waals surface area contributed by atoms with E-state index in [0.717, 1.165) is 12.1 Å². The Morgan fingerprint density at radius 2 is 1.78 bits per heavy atom. The summed E-state index contributed by atoms with van der Waals surface area (Å²) in [6.45, 7) is 0.134. The monoisotopic (exact) mass is 319 g/mol. The van der Waals surface area contributed by atoms with E-state index in [0.29, 0.717) is 22.2 Å². The molecular formula is C16H12F3N3O. The van der Waals surface area contributed by atoms with Gasteiger partial charge in [-0.05, 0) is 35.9 Å². The van der Waals surface area contributed by atoms with Crippen LogP contribution in [0.3, 0.4) is 0 Å². The number of nitrogen functional groups attached to an aromatic ring is 1. The molecule has 3 rings (SSSR count). The second-order valence-corrected chi connectivity index (χ2v) is 5.15. The van der Waals surface area contributed by atoms with Crippen molar-refractivity contribution in [3.05, 3.63) is 70.3 Å². The molecule has 0 aliphatic heterocycles. The number of rotatable bonds is 2. The molecule has 1 aromatic heterocycles. The van der Waals surface area contributed by atoms with Crippen molar-refractivity contribution < 1.29 is 13.2 Å². The average Bonchev–Trinajstić information content (AvgIpc) is 2.50. The van der Waals surface area contributed by atoms with Gasteiger partial charge in [0, 0.05) is 5.69 Å². The summed E-state index contributed by atoms with van der Waals surface area (Å²) in [7, 11) is 0. The van der Waals surface area contributed by atoms with Crippen LogP contribution in [0.2, 0.25) is 0 Å². The minimum Gasteiger partial charge on any atom is -0.399 e. The highest BCUT2D eigenvalue weighted by molar-refractivity contribution is 5.80. The molecule has 4 nitrogen and oxygen atoms in total. The molecule has 0 aliphatic rings. The number of anilines is 1. The minimum absolute atomic E-state index is 0.134. The van der Waals surface area contributed by atoms with E-state index in [2.05, 4.69) is 4.98 Å². The van der Waals surface area contributed by atoms with Gasteiger partial charge in [-0.25, -0.2) is 4.98 Å². The number of fused-ring (bicyclic) bond motifs is 1. The normalized spacial score (nSPS) is 11.8. The van der Waals surface area contributed by atoms with Gasteiger partial charge in [-0.2, -0.15) is 13.2 Å². The Balaban J connectivity index is 1.95. The molecule has 0 amide bonds. The van der Waals surface area contributed by atoms with Crippen LogP contribution in [0, 0.1) is 0 Å². The van der Waals surface area contributed by atoms with E-state index in [1.807, 2.05) is 0 Å². The van der Waals surface area contributed by atoms with Crippen LogP contribution in [0.15, 0.2) is 53.6 Å². The number of aromatic nitrogens is 2. The lowest BCUT2D eigenvalue weighted by Gasteiger charge is -2.09. The number of hydrogen-bond acceptors (Lipinski definition) is 3. The third-order valence-electron chi connectivity index (χ3n) is 3.48. The van der Waals surface area contributed by atoms with E-state index >= 15 is 0 Å². The Morgan fingerprint density at radius 1 is 1.09 bits per heavy atom. The highest BCUT2D eigenvalue weighted by atomic mass is 19.4. The first-order chi connectivity index (χ1) is 10.8. The summed E-state index contributed by atoms with van der Waals surface area (Å²) in [5.74, 6) is 0. The summed E-state index contributed by atoms with van der Waals surface area (Å²) >= 11 is 0. The van der Waals surface area contributed by atoms with Crippen LogP contribution in [0.1, 0.15) is 11.1 Å². The Morgan fingerprint density at radius 3 is 2.43 bits per heavy atom. The van der Waals surface area contributed by atoms with Crippen LogP contribution < -0.4 is 11.3 Å². The van der Waals surface area contributed by atoms with E-state index in [4.69, 9.17) is 5.73 Å². The van der Waals surface area contributed by atoms with E-state index < -0.39 is 11.7 Å². The molecule has 0 radical (unpaired) electrons. The second kappa shape index (κ2) is 5.42. The van der Waals surface area contributed by atoms with Crippen molar-refractivity contribution in [2.75, 3.05) is 5.73 Å². The number of benzene rings is 2. The molecule has 0 saturated heterocycles. The number of nitrogens with zero attached hydrogens (tertiary/aromatic N) is 2. The molecule has 0 atom stereocenters. The maximum absolute atomic E-state index is 12.5. The fourth-order valence-electron chi connectivity index (χ4n) is 2.29. The molecule has 7 heteroatoms. The van der Waals surface area contributed by atoms with Gasteiger partial charge < -0.3 is 5.73 Å². The quantitative estimate of drug-likeness (QED) is 0.739. The standard InChI is InChI=1S/C16H12F3N3O/c17-16(18,19)11-3-1-10(2-4-11)8-22-9-21-14-6-5-12(20)7-13(14)15(22)23/h1-7,9H,8,20H2. The van der Waals surface area contributed by atoms with Gasteiger partial charge in [0.05, 0.1) is 29.3 Å². The van der Waals surface area contributed by atoms with Crippen molar-refractivity contribution in [3.8, 4) is 0 Å². The molecule has 0 saturated carbocycles. The summed E-state index contributed by atoms with van der Waals surface area (Å²) in [6.07, 6.45) is -3.00. The Hall–Kier alpha value is -2.83. The molecule has 0 bridgehead atoms. The molecule has 1 heterocycles. The molecule has 2 N–H and O–H groups in total. The lowest BCUT2D eigenvalue weighted by molar-refractivity contribution is -0.137. The number of hydrogen-bond donors (Lipinski definition) is 1. The third-order valence-corrected chi connectivity index (χ3v) is 3.48. The Labute approximate surface area is 129 Å². The van der Waals surface area contributed by atoms with Crippen molar-refractivity contribution in [3.63, 3.8) is 0 Å². The smallest absolute Gasteiger partial charge is 0.399 e. The maximum Gasteiger partial charge on any atom is 0.416 e. The highest BCUT2D eigenvalue weighted by Crippen LogP contribution is 2.29. The summed E-state index contributed by atoms with van der Waals surface area (Å²) in [5, 5.41) is 0.374. The highest BCUT2D eigenvalue weighted by Gasteiger charge is 2.29. The summed E-state index contributed by atoms with van der Waals surface area (Å²) in [5.41, 5.74) is 6.20. The first kappa shape index (κ1) is 15.1. The minimum atomic E-state index is -4.38. The average molecular weight is 319 g/mol. The summed E-state index contributed by atoms with van der Waals surface area (Å²) < 4.78 is 39.0. The van der Waals surface area contributed by atoms with Gasteiger partial charge in [0.2, 0.25) is 0 Å². The first-order valence-electron chi connectivity index (χ1n) is 6.75. The predicted octanol–water partition coefficient (Wildman–Crippen LogP) is 3.05. The fraction of sp³-hybridized carbons (Fsp3) is 0.125. The zero-order valence-electron chi connectivity index (χ0n) is 11.8. The zero-order chi connectivity index (χ0) is 16.6.